The average Bonchev–Trinajstić information content (AvgIpc) is 1.84. The van der Waals surface area contributed by atoms with Crippen LogP contribution in [0.4, 0.5) is 4.79 Å². The smallest absolute Gasteiger partial charge is 0.427 e. The summed E-state index contributed by atoms with van der Waals surface area (Å²) in [6.45, 7) is 2.96. The third-order valence-electron chi connectivity index (χ3n) is 1.68. The maximum atomic E-state index is 11.0. The molecule has 0 aromatic heterocycles. The lowest BCUT2D eigenvalue weighted by atomic mass is 9.90. The lowest BCUT2D eigenvalue weighted by molar-refractivity contribution is -0.480. The van der Waals surface area contributed by atoms with Crippen LogP contribution in [0, 0.1) is 5.41 Å². The molecule has 1 aliphatic rings. The highest BCUT2D eigenvalue weighted by molar-refractivity contribution is 6.10. The molecule has 0 aromatic rings. The third-order valence-corrected chi connectivity index (χ3v) is 1.68. The molecule has 7 heteroatoms. The summed E-state index contributed by atoms with van der Waals surface area (Å²) in [6, 6.07) is -0.626. The Morgan fingerprint density at radius 1 is 1.15 bits per heavy atom. The van der Waals surface area contributed by atoms with Gasteiger partial charge in [0.15, 0.2) is 5.41 Å². The molecule has 4 amide bonds. The molecule has 0 radical (unpaired) electrons. The number of nitrogens with two attached hydrogens (primary N) is 1. The van der Waals surface area contributed by atoms with Crippen LogP contribution in [-0.4, -0.2) is 17.8 Å². The highest BCUT2D eigenvalue weighted by atomic mass is 79.9. The number of imide groups is 2. The number of amides is 4. The molecule has 1 fully saturated rings. The quantitative estimate of drug-likeness (QED) is 0.436. The maximum absolute atomic E-state index is 11.0. The number of hydrogen-bond donors (Lipinski definition) is 2. The molecule has 5 nitrogen and oxygen atoms in total. The summed E-state index contributed by atoms with van der Waals surface area (Å²) in [7, 11) is 0. The molecular formula is C6H9Br2N2O3-. The van der Waals surface area contributed by atoms with E-state index in [-0.39, 0.29) is 34.0 Å². The first-order valence-corrected chi connectivity index (χ1v) is 3.19. The summed E-state index contributed by atoms with van der Waals surface area (Å²) < 4.78 is 0. The van der Waals surface area contributed by atoms with Crippen molar-refractivity contribution in [2.75, 3.05) is 0 Å². The number of nitrogens with one attached hydrogen (secondary N) is 1. The van der Waals surface area contributed by atoms with E-state index in [9.17, 15) is 14.4 Å². The van der Waals surface area contributed by atoms with E-state index in [1.807, 2.05) is 5.32 Å². The molecule has 0 unspecified atom stereocenters. The van der Waals surface area contributed by atoms with E-state index >= 15 is 0 Å². The van der Waals surface area contributed by atoms with Crippen molar-refractivity contribution in [1.82, 2.24) is 5.32 Å². The molecule has 1 saturated heterocycles. The first kappa shape index (κ1) is 15.2. The Morgan fingerprint density at radius 2 is 1.62 bits per heavy atom. The molecule has 1 heterocycles. The van der Waals surface area contributed by atoms with Crippen LogP contribution < -0.4 is 44.6 Å². The van der Waals surface area contributed by atoms with Crippen LogP contribution in [0.5, 0.6) is 0 Å². The highest BCUT2D eigenvalue weighted by Gasteiger charge is 2.46. The number of halogens is 2. The standard InChI is InChI=1S/C6H8N2O3.2BrH/c1-6(2)3(9)7-5(11)8-4(6)10;;/h1-2H3,(H2,7,8,9,10,11);2*1H/p-1. The van der Waals surface area contributed by atoms with Gasteiger partial charge in [0.2, 0.25) is 5.91 Å². The number of rotatable bonds is 0. The Morgan fingerprint density at radius 3 is 2.00 bits per heavy atom. The van der Waals surface area contributed by atoms with Gasteiger partial charge in [0.05, 0.1) is 0 Å². The molecule has 1 aliphatic heterocycles. The van der Waals surface area contributed by atoms with Crippen LogP contribution in [0.3, 0.4) is 0 Å². The second kappa shape index (κ2) is 4.83. The number of carbonyl (C=O) groups is 3. The maximum Gasteiger partial charge on any atom is 0.427 e. The molecule has 0 aliphatic carbocycles. The van der Waals surface area contributed by atoms with Crippen molar-refractivity contribution >= 4 is 17.8 Å². The molecular weight excluding hydrogens is 308 g/mol. The lowest BCUT2D eigenvalue weighted by Crippen LogP contribution is -3.00. The topological polar surface area (TPSA) is 79.8 Å². The van der Waals surface area contributed by atoms with Gasteiger partial charge in [-0.1, -0.05) is 0 Å². The van der Waals surface area contributed by atoms with Crippen molar-refractivity contribution in [2.45, 2.75) is 13.8 Å². The molecule has 0 spiro atoms. The third kappa shape index (κ3) is 2.85. The van der Waals surface area contributed by atoms with Gasteiger partial charge in [-0.05, 0) is 13.8 Å². The Bertz CT molecular complexity index is 230. The minimum absolute atomic E-state index is 0. The van der Waals surface area contributed by atoms with Crippen LogP contribution in [0.15, 0.2) is 0 Å². The minimum Gasteiger partial charge on any atom is -1.00 e. The number of barbiturate groups is 1. The summed E-state index contributed by atoms with van der Waals surface area (Å²) in [5.41, 5.74) is -1.09. The zero-order valence-electron chi connectivity index (χ0n) is 7.06. The molecule has 0 saturated carbocycles. The van der Waals surface area contributed by atoms with E-state index in [1.165, 1.54) is 13.8 Å². The Balaban J connectivity index is 0. The summed E-state index contributed by atoms with van der Waals surface area (Å²) in [5.74, 6) is -0.971. The molecule has 0 aromatic carbocycles. The molecule has 1 rings (SSSR count). The van der Waals surface area contributed by atoms with Gasteiger partial charge >= 0.3 is 11.9 Å². The van der Waals surface area contributed by atoms with Crippen molar-refractivity contribution < 1.29 is 53.7 Å². The van der Waals surface area contributed by atoms with Gasteiger partial charge in [0.1, 0.15) is 0 Å². The zero-order valence-corrected chi connectivity index (χ0v) is 10.2. The first-order chi connectivity index (χ1) is 4.94. The van der Waals surface area contributed by atoms with Crippen molar-refractivity contribution in [3.63, 3.8) is 0 Å². The number of carbonyl (C=O) groups excluding carboxylic acids is 3. The second-order valence-corrected chi connectivity index (χ2v) is 2.95. The van der Waals surface area contributed by atoms with E-state index in [4.69, 9.17) is 0 Å². The summed E-state index contributed by atoms with van der Waals surface area (Å²) in [6.07, 6.45) is 0. The van der Waals surface area contributed by atoms with Crippen molar-refractivity contribution in [2.24, 2.45) is 5.41 Å². The first-order valence-electron chi connectivity index (χ1n) is 3.19. The van der Waals surface area contributed by atoms with E-state index in [0.29, 0.717) is 0 Å². The zero-order chi connectivity index (χ0) is 8.65. The summed E-state index contributed by atoms with van der Waals surface area (Å²) in [4.78, 5) is 32.5. The Labute approximate surface area is 96.2 Å². The molecule has 76 valence electrons. The number of quaternary nitrogens is 1. The van der Waals surface area contributed by atoms with E-state index in [0.717, 1.165) is 5.32 Å². The molecule has 0 bridgehead atoms. The van der Waals surface area contributed by atoms with Crippen LogP contribution in [0.2, 0.25) is 0 Å². The monoisotopic (exact) mass is 315 g/mol. The molecule has 3 N–H and O–H groups in total. The largest absolute Gasteiger partial charge is 1.00 e. The number of urea groups is 1. The predicted octanol–water partition coefficient (Wildman–Crippen LogP) is -7.64. The second-order valence-electron chi connectivity index (χ2n) is 2.95. The fourth-order valence-corrected chi connectivity index (χ4v) is 0.716. The van der Waals surface area contributed by atoms with Crippen LogP contribution in [-0.2, 0) is 9.59 Å². The predicted molar refractivity (Wildman–Crippen MR) is 34.3 cm³/mol. The summed E-state index contributed by atoms with van der Waals surface area (Å²) in [5, 5.41) is 2.95. The minimum atomic E-state index is -1.09. The average molecular weight is 317 g/mol. The van der Waals surface area contributed by atoms with E-state index < -0.39 is 23.3 Å². The van der Waals surface area contributed by atoms with Crippen molar-refractivity contribution in [3.05, 3.63) is 0 Å². The fraction of sp³-hybridized carbons (Fsp3) is 0.500. The van der Waals surface area contributed by atoms with Gasteiger partial charge in [-0.25, -0.2) is 14.9 Å². The normalized spacial score (nSPS) is 19.7. The van der Waals surface area contributed by atoms with Crippen LogP contribution >= 0.6 is 0 Å². The Kier molecular flexibility index (Phi) is 5.65. The molecule has 0 atom stereocenters. The van der Waals surface area contributed by atoms with Crippen LogP contribution in [0.1, 0.15) is 13.8 Å². The van der Waals surface area contributed by atoms with Gasteiger partial charge in [-0.2, -0.15) is 5.32 Å². The number of primary amides is 2. The Hall–Kier alpha value is -0.270. The van der Waals surface area contributed by atoms with Gasteiger partial charge in [-0.15, -0.1) is 0 Å². The van der Waals surface area contributed by atoms with Gasteiger partial charge in [0.25, 0.3) is 0 Å². The van der Waals surface area contributed by atoms with Crippen molar-refractivity contribution in [3.8, 4) is 0 Å². The number of hydrogen-bond acceptors (Lipinski definition) is 3. The molecule has 13 heavy (non-hydrogen) atoms. The van der Waals surface area contributed by atoms with Crippen molar-refractivity contribution in [1.29, 1.82) is 0 Å². The summed E-state index contributed by atoms with van der Waals surface area (Å²) >= 11 is 0. The lowest BCUT2D eigenvalue weighted by Gasteiger charge is -2.21. The van der Waals surface area contributed by atoms with Gasteiger partial charge < -0.3 is 34.0 Å². The van der Waals surface area contributed by atoms with Gasteiger partial charge in [-0.3, -0.25) is 4.79 Å². The van der Waals surface area contributed by atoms with Crippen LogP contribution in [0.25, 0.3) is 0 Å². The fourth-order valence-electron chi connectivity index (χ4n) is 0.716. The van der Waals surface area contributed by atoms with Gasteiger partial charge in [0, 0.05) is 0 Å². The highest BCUT2D eigenvalue weighted by Crippen LogP contribution is 2.14. The van der Waals surface area contributed by atoms with E-state index in [2.05, 4.69) is 0 Å². The SMILES string of the molecule is CC1(C)C(=O)NC(=O)[NH2+]C1=O.[Br-].[Br-]. The van der Waals surface area contributed by atoms with E-state index in [1.54, 1.807) is 0 Å².